The van der Waals surface area contributed by atoms with Crippen LogP contribution in [0.2, 0.25) is 0 Å². The van der Waals surface area contributed by atoms with Crippen LogP contribution in [0.1, 0.15) is 53.1 Å². The largest absolute Gasteiger partial charge is 0.461 e. The molecule has 1 aliphatic carbocycles. The molecule has 0 saturated heterocycles. The highest BCUT2D eigenvalue weighted by Crippen LogP contribution is 2.43. The van der Waals surface area contributed by atoms with Gasteiger partial charge in [-0.3, -0.25) is 0 Å². The minimum atomic E-state index is -0.341. The maximum atomic E-state index is 12.0. The van der Waals surface area contributed by atoms with E-state index in [0.29, 0.717) is 18.2 Å². The number of carbonyl (C=O) groups excluding carboxylic acids is 1. The van der Waals surface area contributed by atoms with Gasteiger partial charge in [-0.05, 0) is 45.6 Å². The summed E-state index contributed by atoms with van der Waals surface area (Å²) in [7, 11) is 0. The van der Waals surface area contributed by atoms with Gasteiger partial charge in [0.1, 0.15) is 0 Å². The molecule has 0 aromatic carbocycles. The molecule has 100 valence electrons. The third-order valence-corrected chi connectivity index (χ3v) is 3.39. The van der Waals surface area contributed by atoms with Crippen molar-refractivity contribution in [2.45, 2.75) is 39.5 Å². The van der Waals surface area contributed by atoms with Crippen LogP contribution in [-0.2, 0) is 4.74 Å². The van der Waals surface area contributed by atoms with E-state index in [1.54, 1.807) is 11.4 Å². The first-order valence-electron chi connectivity index (χ1n) is 6.65. The number of esters is 1. The fourth-order valence-electron chi connectivity index (χ4n) is 2.44. The number of aromatic nitrogens is 3. The molecule has 0 amide bonds. The fraction of sp³-hybridized carbons (Fsp3) is 0.500. The van der Waals surface area contributed by atoms with Crippen molar-refractivity contribution in [2.75, 3.05) is 6.61 Å². The Morgan fingerprint density at radius 3 is 2.84 bits per heavy atom. The van der Waals surface area contributed by atoms with Crippen molar-refractivity contribution in [3.63, 3.8) is 0 Å². The number of hydrogen-bond donors (Lipinski definition) is 0. The minimum absolute atomic E-state index is 0.341. The predicted octanol–water partition coefficient (Wildman–Crippen LogP) is 2.40. The molecule has 1 aliphatic rings. The van der Waals surface area contributed by atoms with E-state index in [1.165, 1.54) is 0 Å². The topological polar surface area (TPSA) is 56.5 Å². The molecule has 1 fully saturated rings. The van der Waals surface area contributed by atoms with Gasteiger partial charge in [-0.2, -0.15) is 5.10 Å². The molecule has 2 heterocycles. The summed E-state index contributed by atoms with van der Waals surface area (Å²) < 4.78 is 6.86. The van der Waals surface area contributed by atoms with Crippen LogP contribution in [0.5, 0.6) is 0 Å². The van der Waals surface area contributed by atoms with Gasteiger partial charge in [0.05, 0.1) is 6.61 Å². The van der Waals surface area contributed by atoms with Gasteiger partial charge in [-0.25, -0.2) is 14.3 Å². The molecule has 0 atom stereocenters. The van der Waals surface area contributed by atoms with Gasteiger partial charge in [0, 0.05) is 17.0 Å². The number of rotatable bonds is 3. The van der Waals surface area contributed by atoms with Gasteiger partial charge in [0.2, 0.25) is 0 Å². The molecule has 0 radical (unpaired) electrons. The second-order valence-corrected chi connectivity index (χ2v) is 5.03. The molecule has 2 aromatic rings. The van der Waals surface area contributed by atoms with Gasteiger partial charge in [0.15, 0.2) is 11.3 Å². The summed E-state index contributed by atoms with van der Waals surface area (Å²) >= 11 is 0. The lowest BCUT2D eigenvalue weighted by atomic mass is 10.1. The van der Waals surface area contributed by atoms with E-state index in [2.05, 4.69) is 10.1 Å². The van der Waals surface area contributed by atoms with Crippen LogP contribution in [-0.4, -0.2) is 27.2 Å². The highest BCUT2D eigenvalue weighted by Gasteiger charge is 2.34. The van der Waals surface area contributed by atoms with Crippen molar-refractivity contribution >= 4 is 11.6 Å². The molecule has 0 spiro atoms. The first kappa shape index (κ1) is 12.1. The Kier molecular flexibility index (Phi) is 2.77. The average molecular weight is 259 g/mol. The van der Waals surface area contributed by atoms with Gasteiger partial charge in [-0.15, -0.1) is 0 Å². The summed E-state index contributed by atoms with van der Waals surface area (Å²) in [5, 5.41) is 4.41. The Labute approximate surface area is 111 Å². The summed E-state index contributed by atoms with van der Waals surface area (Å²) in [5.74, 6) is 0.0672. The van der Waals surface area contributed by atoms with Crippen LogP contribution in [0.3, 0.4) is 0 Å². The van der Waals surface area contributed by atoms with E-state index in [4.69, 9.17) is 4.74 Å². The minimum Gasteiger partial charge on any atom is -0.461 e. The lowest BCUT2D eigenvalue weighted by Gasteiger charge is -2.01. The van der Waals surface area contributed by atoms with Crippen molar-refractivity contribution in [3.05, 3.63) is 28.7 Å². The van der Waals surface area contributed by atoms with Gasteiger partial charge in [0.25, 0.3) is 0 Å². The predicted molar refractivity (Wildman–Crippen MR) is 70.4 cm³/mol. The number of ether oxygens (including phenoxy) is 1. The lowest BCUT2D eigenvalue weighted by molar-refractivity contribution is 0.0517. The number of nitrogens with zero attached hydrogens (tertiary/aromatic N) is 3. The summed E-state index contributed by atoms with van der Waals surface area (Å²) in [6.45, 7) is 6.10. The summed E-state index contributed by atoms with van der Waals surface area (Å²) in [4.78, 5) is 16.6. The molecule has 0 N–H and O–H groups in total. The second-order valence-electron chi connectivity index (χ2n) is 5.03. The van der Waals surface area contributed by atoms with Crippen LogP contribution in [0.15, 0.2) is 6.07 Å². The van der Waals surface area contributed by atoms with E-state index in [9.17, 15) is 4.79 Å². The number of carbonyl (C=O) groups is 1. The third-order valence-electron chi connectivity index (χ3n) is 3.39. The normalized spacial score (nSPS) is 14.9. The van der Waals surface area contributed by atoms with Crippen LogP contribution >= 0.6 is 0 Å². The standard InChI is InChI=1S/C14H17N3O2/c1-4-19-14(18)12-11(10-5-6-10)13-15-8(2)7-9(3)17(13)16-12/h7,10H,4-6H2,1-3H3. The maximum Gasteiger partial charge on any atom is 0.359 e. The lowest BCUT2D eigenvalue weighted by Crippen LogP contribution is -2.08. The SMILES string of the molecule is CCOC(=O)c1nn2c(C)cc(C)nc2c1C1CC1. The van der Waals surface area contributed by atoms with Crippen LogP contribution in [0.25, 0.3) is 5.65 Å². The summed E-state index contributed by atoms with van der Waals surface area (Å²) in [6.07, 6.45) is 2.20. The summed E-state index contributed by atoms with van der Waals surface area (Å²) in [6, 6.07) is 1.96. The molecule has 19 heavy (non-hydrogen) atoms. The molecule has 3 rings (SSSR count). The fourth-order valence-corrected chi connectivity index (χ4v) is 2.44. The van der Waals surface area contributed by atoms with E-state index in [-0.39, 0.29) is 5.97 Å². The number of fused-ring (bicyclic) bond motifs is 1. The first-order chi connectivity index (χ1) is 9.11. The first-order valence-corrected chi connectivity index (χ1v) is 6.65. The Morgan fingerprint density at radius 1 is 1.47 bits per heavy atom. The van der Waals surface area contributed by atoms with E-state index in [0.717, 1.165) is 35.4 Å². The quantitative estimate of drug-likeness (QED) is 0.794. The molecule has 0 unspecified atom stereocenters. The van der Waals surface area contributed by atoms with Crippen molar-refractivity contribution in [1.29, 1.82) is 0 Å². The van der Waals surface area contributed by atoms with Crippen LogP contribution in [0.4, 0.5) is 0 Å². The van der Waals surface area contributed by atoms with Crippen LogP contribution in [0, 0.1) is 13.8 Å². The summed E-state index contributed by atoms with van der Waals surface area (Å²) in [5.41, 5.74) is 4.14. The van der Waals surface area contributed by atoms with Crippen molar-refractivity contribution in [3.8, 4) is 0 Å². The Morgan fingerprint density at radius 2 is 2.21 bits per heavy atom. The molecule has 1 saturated carbocycles. The van der Waals surface area contributed by atoms with Crippen molar-refractivity contribution in [1.82, 2.24) is 14.6 Å². The van der Waals surface area contributed by atoms with Crippen LogP contribution < -0.4 is 0 Å². The third kappa shape index (κ3) is 1.99. The molecular formula is C14H17N3O2. The Balaban J connectivity index is 2.24. The van der Waals surface area contributed by atoms with Crippen molar-refractivity contribution < 1.29 is 9.53 Å². The number of aryl methyl sites for hydroxylation is 2. The Bertz CT molecular complexity index is 656. The molecule has 0 bridgehead atoms. The zero-order valence-corrected chi connectivity index (χ0v) is 11.4. The molecule has 5 nitrogen and oxygen atoms in total. The number of hydrogen-bond acceptors (Lipinski definition) is 4. The zero-order chi connectivity index (χ0) is 13.6. The second kappa shape index (κ2) is 4.33. The monoisotopic (exact) mass is 259 g/mol. The van der Waals surface area contributed by atoms with E-state index in [1.807, 2.05) is 19.9 Å². The smallest absolute Gasteiger partial charge is 0.359 e. The van der Waals surface area contributed by atoms with Crippen molar-refractivity contribution in [2.24, 2.45) is 0 Å². The average Bonchev–Trinajstić information content (AvgIpc) is 3.10. The molecular weight excluding hydrogens is 242 g/mol. The molecule has 0 aliphatic heterocycles. The van der Waals surface area contributed by atoms with Gasteiger partial charge < -0.3 is 4.74 Å². The Hall–Kier alpha value is -1.91. The molecule has 5 heteroatoms. The highest BCUT2D eigenvalue weighted by molar-refractivity contribution is 5.91. The zero-order valence-electron chi connectivity index (χ0n) is 11.4. The highest BCUT2D eigenvalue weighted by atomic mass is 16.5. The maximum absolute atomic E-state index is 12.0. The van der Waals surface area contributed by atoms with Gasteiger partial charge in [-0.1, -0.05) is 0 Å². The van der Waals surface area contributed by atoms with Gasteiger partial charge >= 0.3 is 5.97 Å². The van der Waals surface area contributed by atoms with E-state index < -0.39 is 0 Å². The molecule has 2 aromatic heterocycles. The van der Waals surface area contributed by atoms with E-state index >= 15 is 0 Å².